The van der Waals surface area contributed by atoms with E-state index in [1.807, 2.05) is 18.7 Å². The minimum absolute atomic E-state index is 0.237. The molecular formula is C8H19NOS. The van der Waals surface area contributed by atoms with Crippen LogP contribution in [0.25, 0.3) is 0 Å². The molecule has 0 saturated carbocycles. The van der Waals surface area contributed by atoms with Gasteiger partial charge in [-0.1, -0.05) is 13.8 Å². The molecule has 0 heterocycles. The number of hydrogen-bond acceptors (Lipinski definition) is 3. The highest BCUT2D eigenvalue weighted by Gasteiger charge is 2.11. The molecular weight excluding hydrogens is 158 g/mol. The van der Waals surface area contributed by atoms with Gasteiger partial charge in [0.05, 0.1) is 0 Å². The number of hydrogen-bond donors (Lipinski definition) is 2. The zero-order chi connectivity index (χ0) is 8.85. The van der Waals surface area contributed by atoms with Crippen molar-refractivity contribution in [1.82, 2.24) is 0 Å². The third kappa shape index (κ3) is 5.53. The summed E-state index contributed by atoms with van der Waals surface area (Å²) in [5.41, 5.74) is 5.70. The summed E-state index contributed by atoms with van der Waals surface area (Å²) < 4.78 is 0. The molecule has 2 nitrogen and oxygen atoms in total. The summed E-state index contributed by atoms with van der Waals surface area (Å²) >= 11 is 1.85. The first-order valence-electron chi connectivity index (χ1n) is 4.09. The molecule has 0 aromatic heterocycles. The molecule has 0 radical (unpaired) electrons. The highest BCUT2D eigenvalue weighted by molar-refractivity contribution is 8.00. The van der Waals surface area contributed by atoms with Crippen LogP contribution in [0.4, 0.5) is 0 Å². The van der Waals surface area contributed by atoms with Crippen molar-refractivity contribution in [3.05, 3.63) is 0 Å². The van der Waals surface area contributed by atoms with E-state index in [4.69, 9.17) is 10.8 Å². The molecule has 0 aliphatic rings. The normalized spacial score (nSPS) is 19.4. The van der Waals surface area contributed by atoms with Gasteiger partial charge in [-0.25, -0.2) is 0 Å². The van der Waals surface area contributed by atoms with Crippen LogP contribution in [0.2, 0.25) is 0 Å². The van der Waals surface area contributed by atoms with E-state index in [0.717, 1.165) is 6.42 Å². The Morgan fingerprint density at radius 1 is 1.36 bits per heavy atom. The summed E-state index contributed by atoms with van der Waals surface area (Å²) in [5, 5.41) is 9.64. The third-order valence-corrected chi connectivity index (χ3v) is 3.28. The molecule has 0 rings (SSSR count). The molecule has 0 fully saturated rings. The molecule has 3 heteroatoms. The molecule has 3 N–H and O–H groups in total. The standard InChI is InChI=1S/C8H19NOS/c1-6(4-5-10)11-8(3)7(2)9/h6-8,10H,4-5,9H2,1-3H3. The summed E-state index contributed by atoms with van der Waals surface area (Å²) in [4.78, 5) is 0. The number of rotatable bonds is 5. The average Bonchev–Trinajstić information content (AvgIpc) is 1.87. The van der Waals surface area contributed by atoms with Crippen molar-refractivity contribution in [3.8, 4) is 0 Å². The summed E-state index contributed by atoms with van der Waals surface area (Å²) in [5.74, 6) is 0. The SMILES string of the molecule is CC(CCO)SC(C)C(C)N. The lowest BCUT2D eigenvalue weighted by molar-refractivity contribution is 0.288. The summed E-state index contributed by atoms with van der Waals surface area (Å²) in [7, 11) is 0. The molecule has 3 atom stereocenters. The fourth-order valence-corrected chi connectivity index (χ4v) is 1.96. The van der Waals surface area contributed by atoms with Gasteiger partial charge in [0.25, 0.3) is 0 Å². The van der Waals surface area contributed by atoms with Gasteiger partial charge < -0.3 is 10.8 Å². The minimum atomic E-state index is 0.237. The van der Waals surface area contributed by atoms with Crippen molar-refractivity contribution in [2.24, 2.45) is 5.73 Å². The van der Waals surface area contributed by atoms with Crippen LogP contribution in [0.5, 0.6) is 0 Å². The van der Waals surface area contributed by atoms with Crippen LogP contribution < -0.4 is 5.73 Å². The fourth-order valence-electron chi connectivity index (χ4n) is 0.740. The zero-order valence-corrected chi connectivity index (χ0v) is 8.40. The second-order valence-electron chi connectivity index (χ2n) is 3.02. The van der Waals surface area contributed by atoms with E-state index in [-0.39, 0.29) is 12.6 Å². The van der Waals surface area contributed by atoms with E-state index in [0.29, 0.717) is 10.5 Å². The molecule has 68 valence electrons. The maximum Gasteiger partial charge on any atom is 0.0441 e. The van der Waals surface area contributed by atoms with Crippen LogP contribution in [-0.4, -0.2) is 28.3 Å². The monoisotopic (exact) mass is 177 g/mol. The largest absolute Gasteiger partial charge is 0.396 e. The van der Waals surface area contributed by atoms with Crippen LogP contribution in [0.15, 0.2) is 0 Å². The van der Waals surface area contributed by atoms with Crippen LogP contribution in [0, 0.1) is 0 Å². The van der Waals surface area contributed by atoms with Crippen molar-refractivity contribution in [2.45, 2.75) is 43.7 Å². The molecule has 0 aromatic rings. The van der Waals surface area contributed by atoms with Crippen molar-refractivity contribution >= 4 is 11.8 Å². The first-order valence-corrected chi connectivity index (χ1v) is 5.04. The van der Waals surface area contributed by atoms with Crippen LogP contribution >= 0.6 is 11.8 Å². The third-order valence-electron chi connectivity index (χ3n) is 1.72. The Kier molecular flexibility index (Phi) is 6.01. The molecule has 11 heavy (non-hydrogen) atoms. The van der Waals surface area contributed by atoms with Gasteiger partial charge in [0.15, 0.2) is 0 Å². The van der Waals surface area contributed by atoms with E-state index >= 15 is 0 Å². The summed E-state index contributed by atoms with van der Waals surface area (Å²) in [6, 6.07) is 0.237. The summed E-state index contributed by atoms with van der Waals surface area (Å²) in [6.45, 7) is 6.55. The number of aliphatic hydroxyl groups excluding tert-OH is 1. The maximum absolute atomic E-state index is 8.64. The van der Waals surface area contributed by atoms with Gasteiger partial charge in [-0.15, -0.1) is 0 Å². The number of nitrogens with two attached hydrogens (primary N) is 1. The van der Waals surface area contributed by atoms with Crippen molar-refractivity contribution in [1.29, 1.82) is 0 Å². The predicted molar refractivity (Wildman–Crippen MR) is 51.9 cm³/mol. The Morgan fingerprint density at radius 2 is 1.91 bits per heavy atom. The smallest absolute Gasteiger partial charge is 0.0441 e. The lowest BCUT2D eigenvalue weighted by Crippen LogP contribution is -2.27. The van der Waals surface area contributed by atoms with Crippen LogP contribution in [-0.2, 0) is 0 Å². The zero-order valence-electron chi connectivity index (χ0n) is 7.58. The van der Waals surface area contributed by atoms with Crippen LogP contribution in [0.1, 0.15) is 27.2 Å². The molecule has 0 bridgehead atoms. The molecule has 3 unspecified atom stereocenters. The highest BCUT2D eigenvalue weighted by Crippen LogP contribution is 2.21. The summed E-state index contributed by atoms with van der Waals surface area (Å²) in [6.07, 6.45) is 0.863. The topological polar surface area (TPSA) is 46.2 Å². The van der Waals surface area contributed by atoms with E-state index in [9.17, 15) is 0 Å². The second-order valence-corrected chi connectivity index (χ2v) is 4.84. The van der Waals surface area contributed by atoms with Gasteiger partial charge in [0, 0.05) is 23.1 Å². The first-order chi connectivity index (χ1) is 5.07. The molecule has 0 aliphatic carbocycles. The molecule has 0 aromatic carbocycles. The minimum Gasteiger partial charge on any atom is -0.396 e. The average molecular weight is 177 g/mol. The molecule has 0 aliphatic heterocycles. The van der Waals surface area contributed by atoms with Crippen molar-refractivity contribution in [2.75, 3.05) is 6.61 Å². The van der Waals surface area contributed by atoms with E-state index < -0.39 is 0 Å². The van der Waals surface area contributed by atoms with Gasteiger partial charge in [0.2, 0.25) is 0 Å². The van der Waals surface area contributed by atoms with Gasteiger partial charge in [-0.3, -0.25) is 0 Å². The Labute approximate surface area is 73.6 Å². The first kappa shape index (κ1) is 11.3. The van der Waals surface area contributed by atoms with E-state index in [1.54, 1.807) is 0 Å². The molecule has 0 amide bonds. The Bertz CT molecular complexity index is 98.1. The molecule has 0 spiro atoms. The Morgan fingerprint density at radius 3 is 2.27 bits per heavy atom. The number of thioether (sulfide) groups is 1. The lowest BCUT2D eigenvalue weighted by Gasteiger charge is -2.19. The molecule has 0 saturated heterocycles. The van der Waals surface area contributed by atoms with Gasteiger partial charge in [-0.05, 0) is 13.3 Å². The Hall–Kier alpha value is 0.270. The fraction of sp³-hybridized carbons (Fsp3) is 1.00. The van der Waals surface area contributed by atoms with Gasteiger partial charge in [-0.2, -0.15) is 11.8 Å². The van der Waals surface area contributed by atoms with E-state index in [2.05, 4.69) is 13.8 Å². The quantitative estimate of drug-likeness (QED) is 0.664. The van der Waals surface area contributed by atoms with Crippen molar-refractivity contribution < 1.29 is 5.11 Å². The highest BCUT2D eigenvalue weighted by atomic mass is 32.2. The van der Waals surface area contributed by atoms with Crippen molar-refractivity contribution in [3.63, 3.8) is 0 Å². The lowest BCUT2D eigenvalue weighted by atomic mass is 10.3. The second kappa shape index (κ2) is 5.86. The van der Waals surface area contributed by atoms with Gasteiger partial charge in [0.1, 0.15) is 0 Å². The Balaban J connectivity index is 3.48. The number of aliphatic hydroxyl groups is 1. The van der Waals surface area contributed by atoms with E-state index in [1.165, 1.54) is 0 Å². The predicted octanol–water partition coefficient (Wildman–Crippen LogP) is 1.23. The van der Waals surface area contributed by atoms with Crippen LogP contribution in [0.3, 0.4) is 0 Å². The van der Waals surface area contributed by atoms with Gasteiger partial charge >= 0.3 is 0 Å². The maximum atomic E-state index is 8.64.